The molecule has 29 heavy (non-hydrogen) atoms. The minimum Gasteiger partial charge on any atom is -0.343 e. The van der Waals surface area contributed by atoms with Crippen molar-refractivity contribution in [2.75, 3.05) is 0 Å². The molecule has 1 aliphatic carbocycles. The van der Waals surface area contributed by atoms with Gasteiger partial charge in [0.05, 0.1) is 0 Å². The molecule has 142 valence electrons. The second-order valence-electron chi connectivity index (χ2n) is 7.64. The first-order chi connectivity index (χ1) is 14.2. The molecular weight excluding hydrogens is 356 g/mol. The van der Waals surface area contributed by atoms with Gasteiger partial charge < -0.3 is 5.32 Å². The molecule has 3 heteroatoms. The zero-order chi connectivity index (χ0) is 19.8. The number of nitrogens with one attached hydrogen (secondary N) is 1. The van der Waals surface area contributed by atoms with Crippen LogP contribution in [0.1, 0.15) is 22.3 Å². The Morgan fingerprint density at radius 1 is 0.828 bits per heavy atom. The molecule has 0 spiro atoms. The maximum atomic E-state index is 14.1. The van der Waals surface area contributed by atoms with Gasteiger partial charge in [-0.05, 0) is 35.1 Å². The lowest BCUT2D eigenvalue weighted by atomic mass is 9.82. The first-order valence-corrected chi connectivity index (χ1v) is 9.94. The average molecular weight is 378 g/mol. The van der Waals surface area contributed by atoms with Crippen molar-refractivity contribution in [1.29, 1.82) is 0 Å². The van der Waals surface area contributed by atoms with E-state index in [4.69, 9.17) is 0 Å². The van der Waals surface area contributed by atoms with Crippen LogP contribution in [-0.2, 0) is 23.2 Å². The van der Waals surface area contributed by atoms with Gasteiger partial charge in [-0.15, -0.1) is 0 Å². The van der Waals surface area contributed by atoms with Crippen molar-refractivity contribution in [2.45, 2.75) is 24.4 Å². The molecule has 1 heterocycles. The van der Waals surface area contributed by atoms with Crippen LogP contribution in [-0.4, -0.2) is 16.8 Å². The number of fused-ring (bicyclic) bond motifs is 1. The Balaban J connectivity index is 1.63. The van der Waals surface area contributed by atoms with E-state index >= 15 is 0 Å². The molecule has 0 unspecified atom stereocenters. The lowest BCUT2D eigenvalue weighted by Crippen LogP contribution is -2.46. The molecule has 1 saturated heterocycles. The number of carbonyl (C=O) groups is 1. The Morgan fingerprint density at radius 2 is 1.31 bits per heavy atom. The van der Waals surface area contributed by atoms with Gasteiger partial charge in [-0.3, -0.25) is 9.69 Å². The monoisotopic (exact) mass is 378 g/mol. The lowest BCUT2D eigenvalue weighted by Gasteiger charge is -2.29. The number of hydrogen-bond donors (Lipinski definition) is 1. The average Bonchev–Trinajstić information content (AvgIpc) is 3.33. The zero-order valence-corrected chi connectivity index (χ0v) is 16.1. The fourth-order valence-corrected chi connectivity index (χ4v) is 4.70. The molecule has 1 aliphatic heterocycles. The molecule has 1 fully saturated rings. The molecule has 2 aliphatic rings. The Morgan fingerprint density at radius 3 is 1.79 bits per heavy atom. The first kappa shape index (κ1) is 17.5. The standard InChI is InChI=1S/C26H22N2O/c1-2-24-27-26(21-13-5-3-6-14-21,22-15-7-4-8-16-22)25(29)28(24)23-17-19-11-9-10-12-20(19)18-23/h3-16,23,27H,1,17-18H2. The Hall–Kier alpha value is -3.55. The van der Waals surface area contributed by atoms with Crippen LogP contribution in [0.15, 0.2) is 103 Å². The van der Waals surface area contributed by atoms with E-state index in [1.807, 2.05) is 65.6 Å². The largest absolute Gasteiger partial charge is 0.343 e. The summed E-state index contributed by atoms with van der Waals surface area (Å²) in [5.41, 5.74) is 6.49. The molecule has 0 saturated carbocycles. The third-order valence-electron chi connectivity index (χ3n) is 6.06. The van der Waals surface area contributed by atoms with Crippen LogP contribution in [0.5, 0.6) is 0 Å². The molecule has 0 atom stereocenters. The van der Waals surface area contributed by atoms with Gasteiger partial charge in [-0.1, -0.05) is 97.2 Å². The van der Waals surface area contributed by atoms with E-state index < -0.39 is 5.54 Å². The van der Waals surface area contributed by atoms with Crippen molar-refractivity contribution in [2.24, 2.45) is 0 Å². The second-order valence-corrected chi connectivity index (χ2v) is 7.64. The van der Waals surface area contributed by atoms with Crippen molar-refractivity contribution >= 4 is 5.91 Å². The van der Waals surface area contributed by atoms with Crippen LogP contribution in [0.25, 0.3) is 0 Å². The smallest absolute Gasteiger partial charge is 0.263 e. The SMILES string of the molecule is C=C=C1NC(c2ccccc2)(c2ccccc2)C(=O)N1C1Cc2ccccc2C1. The van der Waals surface area contributed by atoms with Crippen LogP contribution < -0.4 is 5.32 Å². The summed E-state index contributed by atoms with van der Waals surface area (Å²) < 4.78 is 0. The minimum atomic E-state index is -0.975. The number of hydrogen-bond acceptors (Lipinski definition) is 2. The quantitative estimate of drug-likeness (QED) is 0.694. The highest BCUT2D eigenvalue weighted by molar-refractivity contribution is 5.96. The number of rotatable bonds is 3. The maximum absolute atomic E-state index is 14.1. The summed E-state index contributed by atoms with van der Waals surface area (Å²) in [5.74, 6) is 0.680. The van der Waals surface area contributed by atoms with Gasteiger partial charge in [0.2, 0.25) is 0 Å². The summed E-state index contributed by atoms with van der Waals surface area (Å²) in [6.45, 7) is 3.88. The van der Waals surface area contributed by atoms with Gasteiger partial charge >= 0.3 is 0 Å². The first-order valence-electron chi connectivity index (χ1n) is 9.94. The molecule has 0 bridgehead atoms. The normalized spacial score (nSPS) is 17.7. The Kier molecular flexibility index (Phi) is 4.12. The van der Waals surface area contributed by atoms with Gasteiger partial charge in [0.25, 0.3) is 5.91 Å². The number of carbonyl (C=O) groups excluding carboxylic acids is 1. The number of benzene rings is 3. The van der Waals surface area contributed by atoms with Gasteiger partial charge in [0, 0.05) is 6.04 Å². The van der Waals surface area contributed by atoms with Gasteiger partial charge in [-0.2, -0.15) is 0 Å². The van der Waals surface area contributed by atoms with Crippen molar-refractivity contribution in [3.8, 4) is 0 Å². The third-order valence-corrected chi connectivity index (χ3v) is 6.06. The molecule has 3 aromatic carbocycles. The van der Waals surface area contributed by atoms with Gasteiger partial charge in [0.1, 0.15) is 0 Å². The summed E-state index contributed by atoms with van der Waals surface area (Å²) in [7, 11) is 0. The van der Waals surface area contributed by atoms with E-state index in [2.05, 4.69) is 41.9 Å². The van der Waals surface area contributed by atoms with E-state index in [1.165, 1.54) is 11.1 Å². The van der Waals surface area contributed by atoms with Crippen LogP contribution >= 0.6 is 0 Å². The highest BCUT2D eigenvalue weighted by atomic mass is 16.2. The molecule has 0 radical (unpaired) electrons. The number of amides is 1. The fourth-order valence-electron chi connectivity index (χ4n) is 4.70. The summed E-state index contributed by atoms with van der Waals surface area (Å²) >= 11 is 0. The van der Waals surface area contributed by atoms with Crippen LogP contribution in [0.2, 0.25) is 0 Å². The topological polar surface area (TPSA) is 32.3 Å². The van der Waals surface area contributed by atoms with E-state index in [-0.39, 0.29) is 11.9 Å². The highest BCUT2D eigenvalue weighted by Crippen LogP contribution is 2.41. The predicted octanol–water partition coefficient (Wildman–Crippen LogP) is 4.16. The fraction of sp³-hybridized carbons (Fsp3) is 0.154. The van der Waals surface area contributed by atoms with Crippen molar-refractivity contribution in [1.82, 2.24) is 10.2 Å². The molecule has 1 N–H and O–H groups in total. The van der Waals surface area contributed by atoms with Crippen LogP contribution in [0.3, 0.4) is 0 Å². The predicted molar refractivity (Wildman–Crippen MR) is 114 cm³/mol. The maximum Gasteiger partial charge on any atom is 0.263 e. The summed E-state index contributed by atoms with van der Waals surface area (Å²) in [4.78, 5) is 16.0. The summed E-state index contributed by atoms with van der Waals surface area (Å²) in [6.07, 6.45) is 1.68. The second kappa shape index (κ2) is 6.80. The van der Waals surface area contributed by atoms with Gasteiger partial charge in [-0.25, -0.2) is 0 Å². The van der Waals surface area contributed by atoms with Crippen molar-refractivity contribution in [3.63, 3.8) is 0 Å². The Labute approximate surface area is 171 Å². The van der Waals surface area contributed by atoms with Crippen LogP contribution in [0.4, 0.5) is 0 Å². The van der Waals surface area contributed by atoms with E-state index in [0.717, 1.165) is 24.0 Å². The minimum absolute atomic E-state index is 0.0267. The van der Waals surface area contributed by atoms with E-state index in [0.29, 0.717) is 5.82 Å². The van der Waals surface area contributed by atoms with Crippen molar-refractivity contribution < 1.29 is 4.79 Å². The highest BCUT2D eigenvalue weighted by Gasteiger charge is 2.54. The van der Waals surface area contributed by atoms with Crippen LogP contribution in [0, 0.1) is 0 Å². The Bertz CT molecular complexity index is 1050. The molecular formula is C26H22N2O. The molecule has 0 aromatic heterocycles. The number of nitrogens with zero attached hydrogens (tertiary/aromatic N) is 1. The summed E-state index contributed by atoms with van der Waals surface area (Å²) in [5, 5.41) is 3.51. The van der Waals surface area contributed by atoms with Crippen molar-refractivity contribution in [3.05, 3.63) is 125 Å². The summed E-state index contributed by atoms with van der Waals surface area (Å²) in [6, 6.07) is 28.3. The molecule has 3 nitrogen and oxygen atoms in total. The lowest BCUT2D eigenvalue weighted by molar-refractivity contribution is -0.132. The molecule has 5 rings (SSSR count). The zero-order valence-electron chi connectivity index (χ0n) is 16.1. The van der Waals surface area contributed by atoms with E-state index in [9.17, 15) is 4.79 Å². The molecule has 1 amide bonds. The van der Waals surface area contributed by atoms with E-state index in [1.54, 1.807) is 0 Å². The van der Waals surface area contributed by atoms with Gasteiger partial charge in [0.15, 0.2) is 11.4 Å². The third kappa shape index (κ3) is 2.63. The molecule has 3 aromatic rings.